The molecular formula is C13H11ClN2O3. The second kappa shape index (κ2) is 5.58. The zero-order valence-electron chi connectivity index (χ0n) is 9.84. The number of aromatic nitrogens is 1. The lowest BCUT2D eigenvalue weighted by Crippen LogP contribution is -2.09. The average molecular weight is 279 g/mol. The van der Waals surface area contributed by atoms with Crippen LogP contribution in [0.15, 0.2) is 36.7 Å². The first-order valence-corrected chi connectivity index (χ1v) is 5.79. The summed E-state index contributed by atoms with van der Waals surface area (Å²) >= 11 is 5.78. The fourth-order valence-electron chi connectivity index (χ4n) is 1.63. The number of ether oxygens (including phenoxy) is 1. The minimum Gasteiger partial charge on any atom is -0.487 e. The van der Waals surface area contributed by atoms with Gasteiger partial charge in [0, 0.05) is 23.5 Å². The molecular weight excluding hydrogens is 268 g/mol. The van der Waals surface area contributed by atoms with E-state index in [-0.39, 0.29) is 17.9 Å². The van der Waals surface area contributed by atoms with Crippen molar-refractivity contribution in [3.63, 3.8) is 0 Å². The van der Waals surface area contributed by atoms with Crippen LogP contribution in [0.4, 0.5) is 5.69 Å². The number of carbonyl (C=O) groups is 1. The van der Waals surface area contributed by atoms with Crippen molar-refractivity contribution in [1.82, 2.24) is 4.98 Å². The Bertz CT molecular complexity index is 617. The van der Waals surface area contributed by atoms with Crippen LogP contribution in [-0.2, 0) is 6.61 Å². The van der Waals surface area contributed by atoms with Crippen LogP contribution in [0.25, 0.3) is 0 Å². The fraction of sp³-hybridized carbons (Fsp3) is 0.0769. The number of nitrogens with two attached hydrogens (primary N) is 1. The summed E-state index contributed by atoms with van der Waals surface area (Å²) in [7, 11) is 0. The van der Waals surface area contributed by atoms with E-state index in [1.165, 1.54) is 18.5 Å². The van der Waals surface area contributed by atoms with Crippen LogP contribution in [-0.4, -0.2) is 16.1 Å². The van der Waals surface area contributed by atoms with Gasteiger partial charge in [0.1, 0.15) is 12.4 Å². The van der Waals surface area contributed by atoms with Gasteiger partial charge in [-0.2, -0.15) is 0 Å². The number of hydrogen-bond donors (Lipinski definition) is 2. The van der Waals surface area contributed by atoms with Crippen molar-refractivity contribution >= 4 is 23.3 Å². The predicted molar refractivity (Wildman–Crippen MR) is 71.4 cm³/mol. The van der Waals surface area contributed by atoms with Crippen molar-refractivity contribution in [3.05, 3.63) is 52.8 Å². The molecule has 5 nitrogen and oxygen atoms in total. The summed E-state index contributed by atoms with van der Waals surface area (Å²) in [6.07, 6.45) is 2.98. The van der Waals surface area contributed by atoms with Crippen molar-refractivity contribution in [2.45, 2.75) is 6.61 Å². The zero-order chi connectivity index (χ0) is 13.8. The molecule has 1 aromatic carbocycles. The van der Waals surface area contributed by atoms with Crippen LogP contribution in [0.3, 0.4) is 0 Å². The molecule has 1 aromatic heterocycles. The summed E-state index contributed by atoms with van der Waals surface area (Å²) in [5.41, 5.74) is 6.40. The Balaban J connectivity index is 2.20. The number of benzene rings is 1. The minimum atomic E-state index is -1.08. The van der Waals surface area contributed by atoms with Crippen molar-refractivity contribution in [1.29, 1.82) is 0 Å². The first-order chi connectivity index (χ1) is 9.08. The SMILES string of the molecule is Nc1cccc(COc2cncc(Cl)c2)c1C(=O)O. The fourth-order valence-corrected chi connectivity index (χ4v) is 1.80. The number of carboxylic acids is 1. The Kier molecular flexibility index (Phi) is 3.87. The van der Waals surface area contributed by atoms with Gasteiger partial charge >= 0.3 is 5.97 Å². The molecule has 0 aliphatic heterocycles. The molecule has 0 unspecified atom stereocenters. The molecule has 98 valence electrons. The van der Waals surface area contributed by atoms with Gasteiger partial charge in [0.15, 0.2) is 0 Å². The highest BCUT2D eigenvalue weighted by atomic mass is 35.5. The molecule has 1 heterocycles. The van der Waals surface area contributed by atoms with Gasteiger partial charge in [-0.15, -0.1) is 0 Å². The quantitative estimate of drug-likeness (QED) is 0.840. The van der Waals surface area contributed by atoms with Gasteiger partial charge in [-0.25, -0.2) is 4.79 Å². The molecule has 0 fully saturated rings. The van der Waals surface area contributed by atoms with Gasteiger partial charge in [-0.1, -0.05) is 23.7 Å². The second-order valence-corrected chi connectivity index (χ2v) is 4.25. The monoisotopic (exact) mass is 278 g/mol. The summed E-state index contributed by atoms with van der Waals surface area (Å²) in [6.45, 7) is 0.0781. The molecule has 0 radical (unpaired) electrons. The second-order valence-electron chi connectivity index (χ2n) is 3.81. The Morgan fingerprint density at radius 3 is 2.89 bits per heavy atom. The van der Waals surface area contributed by atoms with Crippen LogP contribution in [0.5, 0.6) is 5.75 Å². The Labute approximate surface area is 114 Å². The molecule has 2 rings (SSSR count). The predicted octanol–water partition coefficient (Wildman–Crippen LogP) is 2.59. The van der Waals surface area contributed by atoms with E-state index in [0.717, 1.165) is 0 Å². The average Bonchev–Trinajstić information content (AvgIpc) is 2.36. The number of nitrogens with zero attached hydrogens (tertiary/aromatic N) is 1. The number of carboxylic acid groups (broad SMARTS) is 1. The summed E-state index contributed by atoms with van der Waals surface area (Å²) < 4.78 is 5.45. The molecule has 3 N–H and O–H groups in total. The van der Waals surface area contributed by atoms with Crippen molar-refractivity contribution < 1.29 is 14.6 Å². The number of nitrogen functional groups attached to an aromatic ring is 1. The molecule has 0 aliphatic rings. The van der Waals surface area contributed by atoms with E-state index in [0.29, 0.717) is 16.3 Å². The third kappa shape index (κ3) is 3.14. The van der Waals surface area contributed by atoms with Crippen LogP contribution in [0.2, 0.25) is 5.02 Å². The Morgan fingerprint density at radius 2 is 2.21 bits per heavy atom. The maximum absolute atomic E-state index is 11.1. The first-order valence-electron chi connectivity index (χ1n) is 5.42. The molecule has 0 saturated heterocycles. The lowest BCUT2D eigenvalue weighted by Gasteiger charge is -2.10. The molecule has 0 atom stereocenters. The van der Waals surface area contributed by atoms with E-state index in [4.69, 9.17) is 27.2 Å². The molecule has 0 bridgehead atoms. The summed E-state index contributed by atoms with van der Waals surface area (Å²) in [5, 5.41) is 9.57. The van der Waals surface area contributed by atoms with Gasteiger partial charge in [0.05, 0.1) is 16.8 Å². The smallest absolute Gasteiger partial charge is 0.338 e. The molecule has 0 spiro atoms. The number of rotatable bonds is 4. The standard InChI is InChI=1S/C13H11ClN2O3/c14-9-4-10(6-16-5-9)19-7-8-2-1-3-11(15)12(8)13(17)18/h1-6H,7,15H2,(H,17,18). The van der Waals surface area contributed by atoms with Gasteiger partial charge in [0.2, 0.25) is 0 Å². The molecule has 19 heavy (non-hydrogen) atoms. The Morgan fingerprint density at radius 1 is 1.42 bits per heavy atom. The molecule has 2 aromatic rings. The van der Waals surface area contributed by atoms with E-state index in [1.54, 1.807) is 18.2 Å². The van der Waals surface area contributed by atoms with E-state index in [2.05, 4.69) is 4.98 Å². The van der Waals surface area contributed by atoms with Gasteiger partial charge < -0.3 is 15.6 Å². The molecule has 0 amide bonds. The Hall–Kier alpha value is -2.27. The van der Waals surface area contributed by atoms with E-state index in [9.17, 15) is 4.79 Å². The maximum Gasteiger partial charge on any atom is 0.338 e. The highest BCUT2D eigenvalue weighted by Gasteiger charge is 2.13. The lowest BCUT2D eigenvalue weighted by molar-refractivity contribution is 0.0695. The number of pyridine rings is 1. The first kappa shape index (κ1) is 13.2. The van der Waals surface area contributed by atoms with Gasteiger partial charge in [-0.3, -0.25) is 4.98 Å². The summed E-state index contributed by atoms with van der Waals surface area (Å²) in [5.74, 6) is -0.618. The van der Waals surface area contributed by atoms with Crippen LogP contribution >= 0.6 is 11.6 Å². The zero-order valence-corrected chi connectivity index (χ0v) is 10.6. The topological polar surface area (TPSA) is 85.4 Å². The maximum atomic E-state index is 11.1. The molecule has 0 saturated carbocycles. The van der Waals surface area contributed by atoms with Crippen molar-refractivity contribution in [2.75, 3.05) is 5.73 Å². The van der Waals surface area contributed by atoms with Gasteiger partial charge in [-0.05, 0) is 6.07 Å². The minimum absolute atomic E-state index is 0.0532. The van der Waals surface area contributed by atoms with E-state index < -0.39 is 5.97 Å². The van der Waals surface area contributed by atoms with Crippen molar-refractivity contribution in [3.8, 4) is 5.75 Å². The number of hydrogen-bond acceptors (Lipinski definition) is 4. The van der Waals surface area contributed by atoms with Crippen molar-refractivity contribution in [2.24, 2.45) is 0 Å². The third-order valence-corrected chi connectivity index (χ3v) is 2.68. The van der Waals surface area contributed by atoms with E-state index in [1.807, 2.05) is 0 Å². The number of anilines is 1. The largest absolute Gasteiger partial charge is 0.487 e. The van der Waals surface area contributed by atoms with E-state index >= 15 is 0 Å². The summed E-state index contributed by atoms with van der Waals surface area (Å²) in [6, 6.07) is 6.46. The third-order valence-electron chi connectivity index (χ3n) is 2.47. The summed E-state index contributed by atoms with van der Waals surface area (Å²) in [4.78, 5) is 15.0. The number of aromatic carboxylic acids is 1. The molecule has 6 heteroatoms. The normalized spacial score (nSPS) is 10.2. The molecule has 0 aliphatic carbocycles. The van der Waals surface area contributed by atoms with Gasteiger partial charge in [0.25, 0.3) is 0 Å². The number of halogens is 1. The highest BCUT2D eigenvalue weighted by molar-refractivity contribution is 6.30. The van der Waals surface area contributed by atoms with Crippen LogP contribution in [0, 0.1) is 0 Å². The lowest BCUT2D eigenvalue weighted by atomic mass is 10.1. The van der Waals surface area contributed by atoms with Crippen LogP contribution in [0.1, 0.15) is 15.9 Å². The highest BCUT2D eigenvalue weighted by Crippen LogP contribution is 2.20. The van der Waals surface area contributed by atoms with Crippen LogP contribution < -0.4 is 10.5 Å².